The van der Waals surface area contributed by atoms with Crippen LogP contribution in [0.4, 0.5) is 0 Å². The fraction of sp³-hybridized carbons (Fsp3) is 0.625. The van der Waals surface area contributed by atoms with Crippen LogP contribution in [0.25, 0.3) is 0 Å². The number of nitrogens with zero attached hydrogens (tertiary/aromatic N) is 1. The van der Waals surface area contributed by atoms with E-state index in [9.17, 15) is 0 Å². The Kier molecular flexibility index (Phi) is 15.3. The van der Waals surface area contributed by atoms with Crippen LogP contribution in [0.15, 0.2) is 48.5 Å². The van der Waals surface area contributed by atoms with Crippen molar-refractivity contribution in [1.29, 1.82) is 0 Å². The van der Waals surface area contributed by atoms with Gasteiger partial charge in [-0.05, 0) is 112 Å². The van der Waals surface area contributed by atoms with Crippen molar-refractivity contribution < 1.29 is 9.47 Å². The van der Waals surface area contributed by atoms with Crippen molar-refractivity contribution in [2.24, 2.45) is 17.6 Å². The molecule has 0 aliphatic carbocycles. The Morgan fingerprint density at radius 3 is 1.89 bits per heavy atom. The van der Waals surface area contributed by atoms with Gasteiger partial charge in [0.25, 0.3) is 0 Å². The van der Waals surface area contributed by atoms with E-state index in [1.54, 1.807) is 0 Å². The highest BCUT2D eigenvalue weighted by molar-refractivity contribution is 5.29. The van der Waals surface area contributed by atoms with Crippen molar-refractivity contribution in [3.63, 3.8) is 0 Å². The summed E-state index contributed by atoms with van der Waals surface area (Å²) in [5.74, 6) is 3.25. The third-order valence-electron chi connectivity index (χ3n) is 7.21. The standard InChI is InChI=1S/C32H52N2O2/c1-5-12-30(26-36-32-18-8-13-28(23-32)15-10-20-33)19-22-34(4)21-11-16-29-14-9-17-31(24-29)35-25-27(6-2)7-3/h8-9,13-14,17-18,23-24,27,30H,5-7,10-12,15-16,19-22,25-26,33H2,1-4H3. The predicted octanol–water partition coefficient (Wildman–Crippen LogP) is 7.14. The van der Waals surface area contributed by atoms with Crippen LogP contribution in [0, 0.1) is 11.8 Å². The van der Waals surface area contributed by atoms with Crippen molar-refractivity contribution >= 4 is 0 Å². The number of rotatable bonds is 20. The van der Waals surface area contributed by atoms with Gasteiger partial charge in [-0.25, -0.2) is 0 Å². The zero-order valence-corrected chi connectivity index (χ0v) is 23.5. The number of hydrogen-bond donors (Lipinski definition) is 1. The monoisotopic (exact) mass is 496 g/mol. The molecule has 0 radical (unpaired) electrons. The van der Waals surface area contributed by atoms with Crippen LogP contribution in [0.3, 0.4) is 0 Å². The van der Waals surface area contributed by atoms with Gasteiger partial charge in [-0.15, -0.1) is 0 Å². The minimum atomic E-state index is 0.592. The maximum atomic E-state index is 6.21. The Balaban J connectivity index is 1.71. The molecular formula is C32H52N2O2. The molecule has 1 atom stereocenters. The summed E-state index contributed by atoms with van der Waals surface area (Å²) < 4.78 is 12.3. The molecule has 4 heteroatoms. The molecule has 0 amide bonds. The summed E-state index contributed by atoms with van der Waals surface area (Å²) in [5, 5.41) is 0. The third-order valence-corrected chi connectivity index (χ3v) is 7.21. The van der Waals surface area contributed by atoms with Crippen LogP contribution < -0.4 is 15.2 Å². The molecule has 1 unspecified atom stereocenters. The van der Waals surface area contributed by atoms with Gasteiger partial charge in [0.1, 0.15) is 11.5 Å². The van der Waals surface area contributed by atoms with E-state index in [0.717, 1.165) is 70.0 Å². The smallest absolute Gasteiger partial charge is 0.119 e. The maximum absolute atomic E-state index is 6.21. The van der Waals surface area contributed by atoms with E-state index in [1.165, 1.54) is 43.2 Å². The largest absolute Gasteiger partial charge is 0.493 e. The van der Waals surface area contributed by atoms with Crippen molar-refractivity contribution in [1.82, 2.24) is 4.90 Å². The Labute approximate surface area is 221 Å². The van der Waals surface area contributed by atoms with Crippen molar-refractivity contribution in [3.8, 4) is 11.5 Å². The van der Waals surface area contributed by atoms with Gasteiger partial charge in [-0.3, -0.25) is 0 Å². The molecular weight excluding hydrogens is 444 g/mol. The number of hydrogen-bond acceptors (Lipinski definition) is 4. The summed E-state index contributed by atoms with van der Waals surface area (Å²) in [6.07, 6.45) is 10.2. The number of benzene rings is 2. The molecule has 0 bridgehead atoms. The zero-order valence-electron chi connectivity index (χ0n) is 23.5. The lowest BCUT2D eigenvalue weighted by Gasteiger charge is -2.22. The predicted molar refractivity (Wildman–Crippen MR) is 154 cm³/mol. The molecule has 2 N–H and O–H groups in total. The van der Waals surface area contributed by atoms with Gasteiger partial charge in [0.15, 0.2) is 0 Å². The molecule has 4 nitrogen and oxygen atoms in total. The van der Waals surface area contributed by atoms with E-state index < -0.39 is 0 Å². The lowest BCUT2D eigenvalue weighted by molar-refractivity contribution is 0.208. The molecule has 2 aromatic rings. The average Bonchev–Trinajstić information content (AvgIpc) is 2.90. The van der Waals surface area contributed by atoms with Gasteiger partial charge in [0.2, 0.25) is 0 Å². The van der Waals surface area contributed by atoms with E-state index in [-0.39, 0.29) is 0 Å². The first-order valence-corrected chi connectivity index (χ1v) is 14.4. The first-order valence-electron chi connectivity index (χ1n) is 14.4. The second-order valence-electron chi connectivity index (χ2n) is 10.3. The van der Waals surface area contributed by atoms with Gasteiger partial charge in [0.05, 0.1) is 13.2 Å². The van der Waals surface area contributed by atoms with Crippen LogP contribution in [-0.2, 0) is 12.8 Å². The highest BCUT2D eigenvalue weighted by Crippen LogP contribution is 2.20. The molecule has 0 heterocycles. The summed E-state index contributed by atoms with van der Waals surface area (Å²) >= 11 is 0. The normalized spacial score (nSPS) is 12.3. The molecule has 2 rings (SSSR count). The van der Waals surface area contributed by atoms with Crippen LogP contribution in [-0.4, -0.2) is 44.8 Å². The Morgan fingerprint density at radius 2 is 1.33 bits per heavy atom. The summed E-state index contributed by atoms with van der Waals surface area (Å²) in [5.41, 5.74) is 8.34. The molecule has 202 valence electrons. The first kappa shape index (κ1) is 30.2. The second-order valence-corrected chi connectivity index (χ2v) is 10.3. The van der Waals surface area contributed by atoms with Crippen LogP contribution in [0.2, 0.25) is 0 Å². The SMILES string of the molecule is CCCC(CCN(C)CCCc1cccc(OCC(CC)CC)c1)COc1cccc(CCCN)c1. The van der Waals surface area contributed by atoms with E-state index in [0.29, 0.717) is 11.8 Å². The van der Waals surface area contributed by atoms with E-state index in [4.69, 9.17) is 15.2 Å². The molecule has 0 fully saturated rings. The van der Waals surface area contributed by atoms with Crippen molar-refractivity contribution in [2.45, 2.75) is 78.6 Å². The quantitative estimate of drug-likeness (QED) is 0.212. The molecule has 2 aromatic carbocycles. The van der Waals surface area contributed by atoms with Crippen molar-refractivity contribution in [3.05, 3.63) is 59.7 Å². The summed E-state index contributed by atoms with van der Waals surface area (Å²) in [7, 11) is 2.25. The fourth-order valence-corrected chi connectivity index (χ4v) is 4.63. The van der Waals surface area contributed by atoms with Gasteiger partial charge < -0.3 is 20.1 Å². The van der Waals surface area contributed by atoms with E-state index in [1.807, 2.05) is 0 Å². The number of nitrogens with two attached hydrogens (primary N) is 1. The molecule has 0 aliphatic rings. The Morgan fingerprint density at radius 1 is 0.750 bits per heavy atom. The number of aryl methyl sites for hydroxylation is 2. The second kappa shape index (κ2) is 18.2. The zero-order chi connectivity index (χ0) is 26.0. The Hall–Kier alpha value is -2.04. The van der Waals surface area contributed by atoms with Gasteiger partial charge >= 0.3 is 0 Å². The summed E-state index contributed by atoms with van der Waals surface area (Å²) in [4.78, 5) is 2.48. The van der Waals surface area contributed by atoms with E-state index in [2.05, 4.69) is 81.2 Å². The number of ether oxygens (including phenoxy) is 2. The van der Waals surface area contributed by atoms with Crippen LogP contribution in [0.5, 0.6) is 11.5 Å². The Bertz CT molecular complexity index is 821. The maximum Gasteiger partial charge on any atom is 0.119 e. The topological polar surface area (TPSA) is 47.7 Å². The highest BCUT2D eigenvalue weighted by Gasteiger charge is 2.11. The molecule has 36 heavy (non-hydrogen) atoms. The molecule has 0 saturated carbocycles. The van der Waals surface area contributed by atoms with E-state index >= 15 is 0 Å². The molecule has 0 aromatic heterocycles. The lowest BCUT2D eigenvalue weighted by Crippen LogP contribution is -2.25. The minimum absolute atomic E-state index is 0.592. The summed E-state index contributed by atoms with van der Waals surface area (Å²) in [6.45, 7) is 11.3. The highest BCUT2D eigenvalue weighted by atomic mass is 16.5. The molecule has 0 saturated heterocycles. The van der Waals surface area contributed by atoms with Gasteiger partial charge in [-0.1, -0.05) is 64.3 Å². The molecule has 0 spiro atoms. The van der Waals surface area contributed by atoms with Crippen molar-refractivity contribution in [2.75, 3.05) is 39.9 Å². The average molecular weight is 497 g/mol. The van der Waals surface area contributed by atoms with Crippen LogP contribution >= 0.6 is 0 Å². The third kappa shape index (κ3) is 12.3. The summed E-state index contributed by atoms with van der Waals surface area (Å²) in [6, 6.07) is 17.2. The lowest BCUT2D eigenvalue weighted by atomic mass is 10.0. The minimum Gasteiger partial charge on any atom is -0.493 e. The molecule has 0 aliphatic heterocycles. The first-order chi connectivity index (χ1) is 17.6. The fourth-order valence-electron chi connectivity index (χ4n) is 4.63. The van der Waals surface area contributed by atoms with Crippen LogP contribution in [0.1, 0.15) is 76.8 Å². The van der Waals surface area contributed by atoms with Gasteiger partial charge in [0, 0.05) is 0 Å². The van der Waals surface area contributed by atoms with Gasteiger partial charge in [-0.2, -0.15) is 0 Å².